The van der Waals surface area contributed by atoms with Crippen LogP contribution in [0, 0.1) is 11.8 Å². The molecule has 4 nitrogen and oxygen atoms in total. The van der Waals surface area contributed by atoms with Crippen molar-refractivity contribution in [3.63, 3.8) is 0 Å². The fourth-order valence-electron chi connectivity index (χ4n) is 4.89. The third-order valence-corrected chi connectivity index (χ3v) is 7.57. The fraction of sp³-hybridized carbons (Fsp3) is 0.647. The van der Waals surface area contributed by atoms with Crippen molar-refractivity contribution in [2.45, 2.75) is 44.6 Å². The molecule has 3 atom stereocenters. The molecule has 1 aliphatic heterocycles. The van der Waals surface area contributed by atoms with Crippen LogP contribution < -0.4 is 4.72 Å². The van der Waals surface area contributed by atoms with E-state index < -0.39 is 10.2 Å². The van der Waals surface area contributed by atoms with E-state index in [1.807, 2.05) is 6.92 Å². The highest BCUT2D eigenvalue weighted by molar-refractivity contribution is 7.87. The Morgan fingerprint density at radius 3 is 2.32 bits per heavy atom. The average molecular weight is 320 g/mol. The van der Waals surface area contributed by atoms with E-state index in [9.17, 15) is 8.42 Å². The molecule has 1 saturated carbocycles. The van der Waals surface area contributed by atoms with Gasteiger partial charge in [0.2, 0.25) is 0 Å². The van der Waals surface area contributed by atoms with Crippen LogP contribution in [0.1, 0.15) is 37.3 Å². The van der Waals surface area contributed by atoms with Crippen molar-refractivity contribution in [2.24, 2.45) is 11.8 Å². The third-order valence-electron chi connectivity index (χ3n) is 5.94. The lowest BCUT2D eigenvalue weighted by atomic mass is 9.79. The second-order valence-electron chi connectivity index (χ2n) is 7.13. The number of hydrogen-bond acceptors (Lipinski definition) is 2. The Labute approximate surface area is 133 Å². The molecule has 1 saturated heterocycles. The van der Waals surface area contributed by atoms with Crippen molar-refractivity contribution in [3.8, 4) is 0 Å². The summed E-state index contributed by atoms with van der Waals surface area (Å²) in [5.41, 5.74) is 2.59. The number of nitrogens with one attached hydrogen (secondary N) is 1. The summed E-state index contributed by atoms with van der Waals surface area (Å²) in [5, 5.41) is 0. The highest BCUT2D eigenvalue weighted by Gasteiger charge is 2.58. The monoisotopic (exact) mass is 320 g/mol. The van der Waals surface area contributed by atoms with E-state index in [0.29, 0.717) is 24.9 Å². The maximum atomic E-state index is 12.5. The summed E-state index contributed by atoms with van der Waals surface area (Å²) < 4.78 is 29.9. The minimum atomic E-state index is -3.30. The number of nitrogens with zero attached hydrogens (tertiary/aromatic N) is 1. The average Bonchev–Trinajstić information content (AvgIpc) is 2.85. The van der Waals surface area contributed by atoms with Gasteiger partial charge in [-0.15, -0.1) is 0 Å². The van der Waals surface area contributed by atoms with Crippen LogP contribution in [0.3, 0.4) is 0 Å². The Morgan fingerprint density at radius 2 is 1.77 bits per heavy atom. The van der Waals surface area contributed by atoms with E-state index in [-0.39, 0.29) is 5.54 Å². The summed E-state index contributed by atoms with van der Waals surface area (Å²) in [7, 11) is -3.30. The van der Waals surface area contributed by atoms with Gasteiger partial charge in [-0.2, -0.15) is 17.4 Å². The van der Waals surface area contributed by atoms with Crippen LogP contribution in [0.5, 0.6) is 0 Å². The van der Waals surface area contributed by atoms with Crippen LogP contribution in [0.2, 0.25) is 0 Å². The highest BCUT2D eigenvalue weighted by Crippen LogP contribution is 2.50. The molecule has 1 N–H and O–H groups in total. The van der Waals surface area contributed by atoms with Crippen LogP contribution in [0.25, 0.3) is 0 Å². The summed E-state index contributed by atoms with van der Waals surface area (Å²) in [6.07, 6.45) is 5.17. The number of rotatable bonds is 2. The number of hydrogen-bond donors (Lipinski definition) is 1. The van der Waals surface area contributed by atoms with Crippen LogP contribution in [0.15, 0.2) is 24.3 Å². The molecule has 2 bridgehead atoms. The third kappa shape index (κ3) is 2.06. The Hall–Kier alpha value is -0.910. The van der Waals surface area contributed by atoms with E-state index in [2.05, 4.69) is 29.0 Å². The first-order valence-corrected chi connectivity index (χ1v) is 9.85. The molecular formula is C17H24N2O2S. The van der Waals surface area contributed by atoms with Gasteiger partial charge in [0.25, 0.3) is 10.2 Å². The molecule has 0 aromatic heterocycles. The number of fused-ring (bicyclic) bond motifs is 1. The second kappa shape index (κ2) is 5.05. The van der Waals surface area contributed by atoms with Crippen molar-refractivity contribution in [1.29, 1.82) is 0 Å². The quantitative estimate of drug-likeness (QED) is 0.907. The second-order valence-corrected chi connectivity index (χ2v) is 8.80. The van der Waals surface area contributed by atoms with Gasteiger partial charge < -0.3 is 0 Å². The number of benzene rings is 1. The Balaban J connectivity index is 1.73. The van der Waals surface area contributed by atoms with Crippen LogP contribution >= 0.6 is 0 Å². The van der Waals surface area contributed by atoms with Gasteiger partial charge in [-0.1, -0.05) is 31.2 Å². The van der Waals surface area contributed by atoms with E-state index in [1.54, 1.807) is 4.31 Å². The molecule has 1 aromatic rings. The van der Waals surface area contributed by atoms with Gasteiger partial charge in [-0.05, 0) is 55.1 Å². The Bertz CT molecular complexity index is 653. The first-order chi connectivity index (χ1) is 10.5. The van der Waals surface area contributed by atoms with Gasteiger partial charge in [-0.25, -0.2) is 0 Å². The minimum Gasteiger partial charge on any atom is -0.195 e. The topological polar surface area (TPSA) is 49.4 Å². The lowest BCUT2D eigenvalue weighted by Gasteiger charge is -2.33. The molecule has 1 spiro atoms. The summed E-state index contributed by atoms with van der Waals surface area (Å²) in [6, 6.07) is 8.65. The fourth-order valence-corrected chi connectivity index (χ4v) is 6.71. The van der Waals surface area contributed by atoms with Gasteiger partial charge in [0, 0.05) is 13.1 Å². The predicted octanol–water partition coefficient (Wildman–Crippen LogP) is 2.11. The van der Waals surface area contributed by atoms with Gasteiger partial charge in [0.15, 0.2) is 0 Å². The van der Waals surface area contributed by atoms with Crippen molar-refractivity contribution < 1.29 is 8.42 Å². The predicted molar refractivity (Wildman–Crippen MR) is 86.7 cm³/mol. The standard InChI is InChI=1S/C17H24N2O2S/c1-2-9-19-12-17(18-22(19,20)21)15-7-8-16(17)11-14-6-4-3-5-13(14)10-15/h3-6,15-16,18H,2,7-12H2,1H3/t15-,16+,17?. The Kier molecular flexibility index (Phi) is 3.36. The molecule has 22 heavy (non-hydrogen) atoms. The molecule has 1 aromatic carbocycles. The molecule has 0 radical (unpaired) electrons. The summed E-state index contributed by atoms with van der Waals surface area (Å²) in [4.78, 5) is 0. The van der Waals surface area contributed by atoms with Crippen molar-refractivity contribution >= 4 is 10.2 Å². The summed E-state index contributed by atoms with van der Waals surface area (Å²) in [6.45, 7) is 3.33. The molecule has 2 aliphatic carbocycles. The zero-order chi connectivity index (χ0) is 15.4. The SMILES string of the molecule is CCCN1CC2(NS1(=O)=O)[C@@H]1CC[C@H]2Cc2ccccc2C1. The van der Waals surface area contributed by atoms with Crippen LogP contribution in [-0.4, -0.2) is 31.4 Å². The zero-order valence-corrected chi connectivity index (χ0v) is 13.9. The molecule has 1 heterocycles. The smallest absolute Gasteiger partial charge is 0.195 e. The van der Waals surface area contributed by atoms with Gasteiger partial charge in [-0.3, -0.25) is 0 Å². The molecule has 5 heteroatoms. The summed E-state index contributed by atoms with van der Waals surface area (Å²) in [5.74, 6) is 0.857. The molecule has 2 fully saturated rings. The highest BCUT2D eigenvalue weighted by atomic mass is 32.2. The molecule has 4 rings (SSSR count). The molecule has 1 unspecified atom stereocenters. The molecule has 0 amide bonds. The van der Waals surface area contributed by atoms with Crippen molar-refractivity contribution in [2.75, 3.05) is 13.1 Å². The van der Waals surface area contributed by atoms with Crippen molar-refractivity contribution in [1.82, 2.24) is 9.03 Å². The first-order valence-electron chi connectivity index (χ1n) is 8.41. The Morgan fingerprint density at radius 1 is 1.18 bits per heavy atom. The molecular weight excluding hydrogens is 296 g/mol. The first kappa shape index (κ1) is 14.7. The molecule has 3 aliphatic rings. The van der Waals surface area contributed by atoms with E-state index >= 15 is 0 Å². The lowest BCUT2D eigenvalue weighted by Crippen LogP contribution is -2.52. The van der Waals surface area contributed by atoms with Crippen LogP contribution in [0.4, 0.5) is 0 Å². The normalized spacial score (nSPS) is 36.4. The van der Waals surface area contributed by atoms with Gasteiger partial charge >= 0.3 is 0 Å². The van der Waals surface area contributed by atoms with E-state index in [1.165, 1.54) is 11.1 Å². The maximum absolute atomic E-state index is 12.5. The van der Waals surface area contributed by atoms with Crippen molar-refractivity contribution in [3.05, 3.63) is 35.4 Å². The van der Waals surface area contributed by atoms with Gasteiger partial charge in [0.1, 0.15) is 0 Å². The van der Waals surface area contributed by atoms with Gasteiger partial charge in [0.05, 0.1) is 5.54 Å². The van der Waals surface area contributed by atoms with E-state index in [4.69, 9.17) is 0 Å². The molecule has 120 valence electrons. The van der Waals surface area contributed by atoms with E-state index in [0.717, 1.165) is 32.1 Å². The largest absolute Gasteiger partial charge is 0.280 e. The van der Waals surface area contributed by atoms with Crippen LogP contribution in [-0.2, 0) is 23.1 Å². The lowest BCUT2D eigenvalue weighted by molar-refractivity contribution is 0.213. The minimum absolute atomic E-state index is 0.243. The summed E-state index contributed by atoms with van der Waals surface area (Å²) >= 11 is 0. The maximum Gasteiger partial charge on any atom is 0.280 e. The zero-order valence-electron chi connectivity index (χ0n) is 13.1.